The maximum Gasteiger partial charge on any atom is 0.139 e. The Bertz CT molecular complexity index is 724. The molecular formula is C17H18ClN3O2. The summed E-state index contributed by atoms with van der Waals surface area (Å²) in [6.45, 7) is 5.10. The van der Waals surface area contributed by atoms with Gasteiger partial charge in [-0.05, 0) is 18.6 Å². The smallest absolute Gasteiger partial charge is 0.139 e. The fourth-order valence-electron chi connectivity index (χ4n) is 2.64. The van der Waals surface area contributed by atoms with Gasteiger partial charge in [-0.2, -0.15) is 5.26 Å². The van der Waals surface area contributed by atoms with Crippen molar-refractivity contribution in [2.24, 2.45) is 0 Å². The molecule has 120 valence electrons. The molecule has 1 saturated heterocycles. The molecule has 1 aliphatic rings. The van der Waals surface area contributed by atoms with Crippen LogP contribution in [0.1, 0.15) is 12.0 Å². The van der Waals surface area contributed by atoms with Crippen LogP contribution in [0.4, 0.5) is 0 Å². The Morgan fingerprint density at radius 3 is 2.96 bits per heavy atom. The molecule has 0 N–H and O–H groups in total. The van der Waals surface area contributed by atoms with Crippen molar-refractivity contribution in [3.63, 3.8) is 0 Å². The van der Waals surface area contributed by atoms with Crippen LogP contribution in [-0.2, 0) is 4.74 Å². The molecule has 23 heavy (non-hydrogen) atoms. The lowest BCUT2D eigenvalue weighted by Crippen LogP contribution is -2.37. The third kappa shape index (κ3) is 3.91. The molecule has 1 aliphatic heterocycles. The van der Waals surface area contributed by atoms with Gasteiger partial charge in [0.05, 0.1) is 35.9 Å². The minimum atomic E-state index is 0.485. The molecule has 0 unspecified atom stereocenters. The monoisotopic (exact) mass is 331 g/mol. The zero-order chi connectivity index (χ0) is 16.1. The quantitative estimate of drug-likeness (QED) is 0.788. The van der Waals surface area contributed by atoms with Gasteiger partial charge in [0, 0.05) is 37.3 Å². The van der Waals surface area contributed by atoms with E-state index in [0.717, 1.165) is 50.2 Å². The van der Waals surface area contributed by atoms with Gasteiger partial charge in [0.1, 0.15) is 11.8 Å². The Labute approximate surface area is 140 Å². The highest BCUT2D eigenvalue weighted by Crippen LogP contribution is 2.28. The van der Waals surface area contributed by atoms with Crippen molar-refractivity contribution in [1.82, 2.24) is 9.88 Å². The summed E-state index contributed by atoms with van der Waals surface area (Å²) in [5, 5.41) is 10.7. The summed E-state index contributed by atoms with van der Waals surface area (Å²) in [4.78, 5) is 6.64. The molecule has 5 nitrogen and oxygen atoms in total. The molecule has 0 spiro atoms. The van der Waals surface area contributed by atoms with Gasteiger partial charge in [0.15, 0.2) is 0 Å². The average Bonchev–Trinajstić information content (AvgIpc) is 2.59. The number of benzene rings is 1. The number of halogens is 1. The van der Waals surface area contributed by atoms with Crippen molar-refractivity contribution in [1.29, 1.82) is 5.26 Å². The first-order chi connectivity index (χ1) is 11.3. The first kappa shape index (κ1) is 16.0. The maximum absolute atomic E-state index is 9.31. The predicted molar refractivity (Wildman–Crippen MR) is 88.8 cm³/mol. The molecule has 0 aliphatic carbocycles. The van der Waals surface area contributed by atoms with Gasteiger partial charge in [-0.1, -0.05) is 11.6 Å². The number of nitrogens with zero attached hydrogens (tertiary/aromatic N) is 3. The van der Waals surface area contributed by atoms with E-state index >= 15 is 0 Å². The van der Waals surface area contributed by atoms with Crippen LogP contribution in [0.5, 0.6) is 5.75 Å². The van der Waals surface area contributed by atoms with Crippen molar-refractivity contribution in [2.45, 2.75) is 6.42 Å². The lowest BCUT2D eigenvalue weighted by Gasteiger charge is -2.26. The van der Waals surface area contributed by atoms with Crippen LogP contribution in [0, 0.1) is 11.3 Å². The summed E-state index contributed by atoms with van der Waals surface area (Å²) >= 11 is 6.15. The number of hydrogen-bond donors (Lipinski definition) is 0. The lowest BCUT2D eigenvalue weighted by molar-refractivity contribution is 0.0358. The number of fused-ring (bicyclic) bond motifs is 1. The van der Waals surface area contributed by atoms with E-state index in [0.29, 0.717) is 22.9 Å². The predicted octanol–water partition coefficient (Wildman–Crippen LogP) is 2.86. The summed E-state index contributed by atoms with van der Waals surface area (Å²) in [7, 11) is 0. The molecule has 6 heteroatoms. The minimum absolute atomic E-state index is 0.485. The first-order valence-electron chi connectivity index (χ1n) is 7.69. The second kappa shape index (κ2) is 7.60. The standard InChI is InChI=1S/C17H18ClN3O2/c18-15-2-3-20-16-11-17(13(12-19)10-14(15)16)23-7-1-4-21-5-8-22-9-6-21/h2-3,10-11H,1,4-9H2. The number of rotatable bonds is 5. The first-order valence-corrected chi connectivity index (χ1v) is 8.07. The van der Waals surface area contributed by atoms with Crippen molar-refractivity contribution in [3.05, 3.63) is 35.0 Å². The van der Waals surface area contributed by atoms with E-state index in [2.05, 4.69) is 16.0 Å². The number of aromatic nitrogens is 1. The van der Waals surface area contributed by atoms with Gasteiger partial charge >= 0.3 is 0 Å². The molecular weight excluding hydrogens is 314 g/mol. The topological polar surface area (TPSA) is 58.4 Å². The van der Waals surface area contributed by atoms with E-state index in [-0.39, 0.29) is 0 Å². The number of ether oxygens (including phenoxy) is 2. The van der Waals surface area contributed by atoms with Gasteiger partial charge in [-0.3, -0.25) is 9.88 Å². The van der Waals surface area contributed by atoms with Crippen molar-refractivity contribution >= 4 is 22.5 Å². The van der Waals surface area contributed by atoms with Crippen LogP contribution in [0.15, 0.2) is 24.4 Å². The highest BCUT2D eigenvalue weighted by molar-refractivity contribution is 6.35. The molecule has 1 aromatic heterocycles. The zero-order valence-electron chi connectivity index (χ0n) is 12.8. The molecule has 0 atom stereocenters. The molecule has 1 fully saturated rings. The Morgan fingerprint density at radius 1 is 1.35 bits per heavy atom. The minimum Gasteiger partial charge on any atom is -0.492 e. The second-order valence-electron chi connectivity index (χ2n) is 5.43. The van der Waals surface area contributed by atoms with Crippen LogP contribution >= 0.6 is 11.6 Å². The highest BCUT2D eigenvalue weighted by Gasteiger charge is 2.11. The largest absolute Gasteiger partial charge is 0.492 e. The molecule has 0 saturated carbocycles. The highest BCUT2D eigenvalue weighted by atomic mass is 35.5. The van der Waals surface area contributed by atoms with E-state index < -0.39 is 0 Å². The number of pyridine rings is 1. The van der Waals surface area contributed by atoms with Crippen LogP contribution in [0.3, 0.4) is 0 Å². The van der Waals surface area contributed by atoms with Gasteiger partial charge in [0.25, 0.3) is 0 Å². The summed E-state index contributed by atoms with van der Waals surface area (Å²) < 4.78 is 11.1. The molecule has 1 aromatic carbocycles. The fraction of sp³-hybridized carbons (Fsp3) is 0.412. The van der Waals surface area contributed by atoms with Crippen LogP contribution in [-0.4, -0.2) is 49.3 Å². The Hall–Kier alpha value is -1.87. The number of morpholine rings is 1. The average molecular weight is 332 g/mol. The van der Waals surface area contributed by atoms with E-state index in [1.165, 1.54) is 0 Å². The van der Waals surface area contributed by atoms with E-state index in [4.69, 9.17) is 21.1 Å². The van der Waals surface area contributed by atoms with Crippen molar-refractivity contribution < 1.29 is 9.47 Å². The Morgan fingerprint density at radius 2 is 2.17 bits per heavy atom. The van der Waals surface area contributed by atoms with Crippen LogP contribution in [0.2, 0.25) is 5.02 Å². The molecule has 2 heterocycles. The van der Waals surface area contributed by atoms with Gasteiger partial charge in [-0.15, -0.1) is 0 Å². The molecule has 0 bridgehead atoms. The normalized spacial score (nSPS) is 15.5. The van der Waals surface area contributed by atoms with Crippen molar-refractivity contribution in [3.8, 4) is 11.8 Å². The summed E-state index contributed by atoms with van der Waals surface area (Å²) in [5.41, 5.74) is 1.22. The maximum atomic E-state index is 9.31. The van der Waals surface area contributed by atoms with Gasteiger partial charge in [0.2, 0.25) is 0 Å². The lowest BCUT2D eigenvalue weighted by atomic mass is 10.1. The summed E-state index contributed by atoms with van der Waals surface area (Å²) in [5.74, 6) is 0.566. The SMILES string of the molecule is N#Cc1cc2c(Cl)ccnc2cc1OCCCN1CCOCC1. The third-order valence-corrected chi connectivity index (χ3v) is 4.22. The van der Waals surface area contributed by atoms with Gasteiger partial charge in [-0.25, -0.2) is 0 Å². The third-order valence-electron chi connectivity index (χ3n) is 3.89. The second-order valence-corrected chi connectivity index (χ2v) is 5.83. The van der Waals surface area contributed by atoms with E-state index in [1.54, 1.807) is 24.4 Å². The zero-order valence-corrected chi connectivity index (χ0v) is 13.6. The molecule has 0 radical (unpaired) electrons. The fourth-order valence-corrected chi connectivity index (χ4v) is 2.85. The van der Waals surface area contributed by atoms with E-state index in [9.17, 15) is 5.26 Å². The van der Waals surface area contributed by atoms with Gasteiger partial charge < -0.3 is 9.47 Å². The Kier molecular flexibility index (Phi) is 5.29. The molecule has 2 aromatic rings. The molecule has 3 rings (SSSR count). The molecule has 0 amide bonds. The summed E-state index contributed by atoms with van der Waals surface area (Å²) in [6.07, 6.45) is 2.56. The summed E-state index contributed by atoms with van der Waals surface area (Å²) in [6, 6.07) is 7.41. The van der Waals surface area contributed by atoms with Crippen molar-refractivity contribution in [2.75, 3.05) is 39.5 Å². The Balaban J connectivity index is 1.64. The van der Waals surface area contributed by atoms with Crippen LogP contribution < -0.4 is 4.74 Å². The van der Waals surface area contributed by atoms with E-state index in [1.807, 2.05) is 0 Å². The number of hydrogen-bond acceptors (Lipinski definition) is 5. The number of nitriles is 1. The van der Waals surface area contributed by atoms with Crippen LogP contribution in [0.25, 0.3) is 10.9 Å².